The molecule has 0 fully saturated rings. The minimum absolute atomic E-state index is 0.290. The van der Waals surface area contributed by atoms with Crippen molar-refractivity contribution in [3.8, 4) is 28.3 Å². The van der Waals surface area contributed by atoms with Crippen LogP contribution in [0.15, 0.2) is 54.9 Å². The normalized spacial score (nSPS) is 11.2. The topological polar surface area (TPSA) is 35.0 Å². The Labute approximate surface area is 198 Å². The lowest BCUT2D eigenvalue weighted by Gasteiger charge is -2.19. The van der Waals surface area contributed by atoms with Crippen molar-refractivity contribution in [2.45, 2.75) is 78.1 Å². The Morgan fingerprint density at radius 2 is 1.55 bits per heavy atom. The number of halogens is 1. The van der Waals surface area contributed by atoms with Crippen LogP contribution in [-0.2, 0) is 0 Å². The molecule has 3 rings (SSSR count). The SMILES string of the molecule is CCCCCCOc1ccc(-c2ncc(-c3ccccc3C(CCC)CCC)cn2)cc1F. The van der Waals surface area contributed by atoms with Gasteiger partial charge in [-0.1, -0.05) is 77.1 Å². The minimum atomic E-state index is -0.372. The molecule has 0 amide bonds. The van der Waals surface area contributed by atoms with Crippen molar-refractivity contribution in [2.75, 3.05) is 6.61 Å². The third-order valence-corrected chi connectivity index (χ3v) is 6.08. The summed E-state index contributed by atoms with van der Waals surface area (Å²) >= 11 is 0. The molecule has 0 unspecified atom stereocenters. The fraction of sp³-hybridized carbons (Fsp3) is 0.448. The summed E-state index contributed by atoms with van der Waals surface area (Å²) in [5.74, 6) is 0.976. The second-order valence-corrected chi connectivity index (χ2v) is 8.71. The lowest BCUT2D eigenvalue weighted by Crippen LogP contribution is -2.02. The number of nitrogens with zero attached hydrogens (tertiary/aromatic N) is 2. The molecule has 33 heavy (non-hydrogen) atoms. The van der Waals surface area contributed by atoms with Crippen LogP contribution in [0.1, 0.15) is 83.6 Å². The predicted octanol–water partition coefficient (Wildman–Crippen LogP) is 8.59. The summed E-state index contributed by atoms with van der Waals surface area (Å²) in [5, 5.41) is 0. The predicted molar refractivity (Wildman–Crippen MR) is 135 cm³/mol. The van der Waals surface area contributed by atoms with E-state index in [1.807, 2.05) is 18.5 Å². The van der Waals surface area contributed by atoms with Crippen LogP contribution in [0.25, 0.3) is 22.5 Å². The molecule has 1 heterocycles. The first-order chi connectivity index (χ1) is 16.2. The lowest BCUT2D eigenvalue weighted by molar-refractivity contribution is 0.290. The highest BCUT2D eigenvalue weighted by Crippen LogP contribution is 2.34. The lowest BCUT2D eigenvalue weighted by atomic mass is 9.86. The van der Waals surface area contributed by atoms with E-state index in [-0.39, 0.29) is 5.82 Å². The van der Waals surface area contributed by atoms with E-state index in [0.29, 0.717) is 29.7 Å². The van der Waals surface area contributed by atoms with Crippen LogP contribution >= 0.6 is 0 Å². The summed E-state index contributed by atoms with van der Waals surface area (Å²) in [6, 6.07) is 13.5. The molecule has 0 spiro atoms. The highest BCUT2D eigenvalue weighted by Gasteiger charge is 2.16. The average Bonchev–Trinajstić information content (AvgIpc) is 2.85. The summed E-state index contributed by atoms with van der Waals surface area (Å²) < 4.78 is 20.2. The zero-order valence-corrected chi connectivity index (χ0v) is 20.3. The van der Waals surface area contributed by atoms with Gasteiger partial charge in [0.1, 0.15) is 0 Å². The monoisotopic (exact) mass is 448 g/mol. The Kier molecular flexibility index (Phi) is 9.86. The Bertz CT molecular complexity index is 981. The van der Waals surface area contributed by atoms with Gasteiger partial charge in [-0.05, 0) is 54.5 Å². The fourth-order valence-corrected chi connectivity index (χ4v) is 4.35. The second kappa shape index (κ2) is 13.1. The Morgan fingerprint density at radius 1 is 0.818 bits per heavy atom. The molecule has 2 aromatic carbocycles. The number of aromatic nitrogens is 2. The van der Waals surface area contributed by atoms with Crippen LogP contribution in [0.4, 0.5) is 4.39 Å². The second-order valence-electron chi connectivity index (χ2n) is 8.71. The van der Waals surface area contributed by atoms with Crippen molar-refractivity contribution >= 4 is 0 Å². The molecule has 0 aliphatic carbocycles. The number of benzene rings is 2. The summed E-state index contributed by atoms with van der Waals surface area (Å²) in [5.41, 5.74) is 4.21. The maximum atomic E-state index is 14.6. The van der Waals surface area contributed by atoms with E-state index in [0.717, 1.165) is 18.4 Å². The van der Waals surface area contributed by atoms with Gasteiger partial charge in [-0.25, -0.2) is 14.4 Å². The molecule has 1 aromatic heterocycles. The van der Waals surface area contributed by atoms with Crippen molar-refractivity contribution < 1.29 is 9.13 Å². The largest absolute Gasteiger partial charge is 0.491 e. The Balaban J connectivity index is 1.75. The van der Waals surface area contributed by atoms with Gasteiger partial charge in [-0.15, -0.1) is 0 Å². The first-order valence-corrected chi connectivity index (χ1v) is 12.5. The molecule has 3 nitrogen and oxygen atoms in total. The van der Waals surface area contributed by atoms with Crippen molar-refractivity contribution in [3.63, 3.8) is 0 Å². The van der Waals surface area contributed by atoms with E-state index < -0.39 is 0 Å². The molecule has 0 saturated heterocycles. The highest BCUT2D eigenvalue weighted by molar-refractivity contribution is 5.68. The van der Waals surface area contributed by atoms with Gasteiger partial charge in [0.05, 0.1) is 6.61 Å². The Morgan fingerprint density at radius 3 is 2.21 bits per heavy atom. The van der Waals surface area contributed by atoms with Crippen molar-refractivity contribution in [3.05, 3.63) is 66.2 Å². The highest BCUT2D eigenvalue weighted by atomic mass is 19.1. The van der Waals surface area contributed by atoms with Crippen LogP contribution < -0.4 is 4.74 Å². The van der Waals surface area contributed by atoms with Crippen LogP contribution in [-0.4, -0.2) is 16.6 Å². The van der Waals surface area contributed by atoms with Crippen LogP contribution in [0.5, 0.6) is 5.75 Å². The van der Waals surface area contributed by atoms with E-state index in [1.165, 1.54) is 55.7 Å². The van der Waals surface area contributed by atoms with Crippen molar-refractivity contribution in [1.82, 2.24) is 9.97 Å². The molecular weight excluding hydrogens is 411 g/mol. The standard InChI is InChI=1S/C29H37FN2O/c1-4-7-8-11-18-33-28-17-16-23(19-27(28)30)29-31-20-24(21-32-29)26-15-10-9-14-25(26)22(12-5-2)13-6-3/h9-10,14-17,19-22H,4-8,11-13,18H2,1-3H3. The minimum Gasteiger partial charge on any atom is -0.491 e. The molecule has 0 atom stereocenters. The number of ether oxygens (including phenoxy) is 1. The molecule has 0 aliphatic rings. The molecular formula is C29H37FN2O. The molecule has 0 saturated carbocycles. The molecule has 3 aromatic rings. The first kappa shape index (κ1) is 24.9. The average molecular weight is 449 g/mol. The zero-order valence-electron chi connectivity index (χ0n) is 20.3. The van der Waals surface area contributed by atoms with Crippen molar-refractivity contribution in [2.24, 2.45) is 0 Å². The van der Waals surface area contributed by atoms with E-state index in [2.05, 4.69) is 55.0 Å². The van der Waals surface area contributed by atoms with Gasteiger partial charge in [-0.3, -0.25) is 0 Å². The third-order valence-electron chi connectivity index (χ3n) is 6.08. The van der Waals surface area contributed by atoms with E-state index in [9.17, 15) is 4.39 Å². The zero-order chi connectivity index (χ0) is 23.5. The summed E-state index contributed by atoms with van der Waals surface area (Å²) in [7, 11) is 0. The first-order valence-electron chi connectivity index (χ1n) is 12.5. The molecule has 0 aliphatic heterocycles. The summed E-state index contributed by atoms with van der Waals surface area (Å²) in [6.45, 7) is 7.19. The number of rotatable bonds is 13. The molecule has 0 N–H and O–H groups in total. The van der Waals surface area contributed by atoms with Gasteiger partial charge in [0, 0.05) is 23.5 Å². The maximum Gasteiger partial charge on any atom is 0.165 e. The summed E-state index contributed by atoms with van der Waals surface area (Å²) in [4.78, 5) is 9.13. The van der Waals surface area contributed by atoms with Gasteiger partial charge in [0.15, 0.2) is 17.4 Å². The van der Waals surface area contributed by atoms with Crippen LogP contribution in [0.3, 0.4) is 0 Å². The van der Waals surface area contributed by atoms with Gasteiger partial charge < -0.3 is 4.74 Å². The van der Waals surface area contributed by atoms with Crippen LogP contribution in [0.2, 0.25) is 0 Å². The maximum absolute atomic E-state index is 14.6. The number of unbranched alkanes of at least 4 members (excludes halogenated alkanes) is 3. The molecule has 0 bridgehead atoms. The van der Waals surface area contributed by atoms with Gasteiger partial charge in [0.25, 0.3) is 0 Å². The number of hydrogen-bond donors (Lipinski definition) is 0. The molecule has 0 radical (unpaired) electrons. The fourth-order valence-electron chi connectivity index (χ4n) is 4.35. The molecule has 4 heteroatoms. The third kappa shape index (κ3) is 6.86. The van der Waals surface area contributed by atoms with E-state index in [1.54, 1.807) is 6.07 Å². The van der Waals surface area contributed by atoms with Gasteiger partial charge >= 0.3 is 0 Å². The smallest absolute Gasteiger partial charge is 0.165 e. The number of hydrogen-bond acceptors (Lipinski definition) is 3. The Hall–Kier alpha value is -2.75. The summed E-state index contributed by atoms with van der Waals surface area (Å²) in [6.07, 6.45) is 12.8. The van der Waals surface area contributed by atoms with E-state index >= 15 is 0 Å². The quantitative estimate of drug-likeness (QED) is 0.246. The van der Waals surface area contributed by atoms with E-state index in [4.69, 9.17) is 4.74 Å². The van der Waals surface area contributed by atoms with Crippen molar-refractivity contribution in [1.29, 1.82) is 0 Å². The van der Waals surface area contributed by atoms with Crippen LogP contribution in [0, 0.1) is 5.82 Å². The van der Waals surface area contributed by atoms with Gasteiger partial charge in [-0.2, -0.15) is 0 Å². The molecule has 176 valence electrons. The van der Waals surface area contributed by atoms with Gasteiger partial charge in [0.2, 0.25) is 0 Å².